The Hall–Kier alpha value is -1.03. The highest BCUT2D eigenvalue weighted by molar-refractivity contribution is 5.27. The van der Waals surface area contributed by atoms with Crippen molar-refractivity contribution in [3.8, 4) is 5.75 Å². The van der Waals surface area contributed by atoms with Gasteiger partial charge in [-0.05, 0) is 19.3 Å². The first-order valence-corrected chi connectivity index (χ1v) is 7.04. The van der Waals surface area contributed by atoms with Crippen molar-refractivity contribution in [2.24, 2.45) is 5.92 Å². The van der Waals surface area contributed by atoms with E-state index >= 15 is 0 Å². The predicted molar refractivity (Wildman–Crippen MR) is 70.6 cm³/mol. The van der Waals surface area contributed by atoms with Crippen LogP contribution in [0.4, 0.5) is 0 Å². The molecule has 18 heavy (non-hydrogen) atoms. The van der Waals surface area contributed by atoms with E-state index in [0.717, 1.165) is 18.7 Å². The number of hydrogen-bond donors (Lipinski definition) is 1. The van der Waals surface area contributed by atoms with Gasteiger partial charge in [0.1, 0.15) is 5.69 Å². The molecule has 4 nitrogen and oxygen atoms in total. The molecule has 1 aromatic heterocycles. The fraction of sp³-hybridized carbons (Fsp3) is 0.786. The molecule has 1 aliphatic rings. The Labute approximate surface area is 109 Å². The van der Waals surface area contributed by atoms with Crippen molar-refractivity contribution in [1.82, 2.24) is 9.78 Å². The van der Waals surface area contributed by atoms with Crippen LogP contribution in [0.3, 0.4) is 0 Å². The van der Waals surface area contributed by atoms with Crippen molar-refractivity contribution < 1.29 is 9.84 Å². The molecular formula is C14H24N2O2. The molecule has 1 fully saturated rings. The highest BCUT2D eigenvalue weighted by Gasteiger charge is 2.24. The van der Waals surface area contributed by atoms with E-state index in [1.165, 1.54) is 32.1 Å². The predicted octanol–water partition coefficient (Wildman–Crippen LogP) is 2.92. The number of aliphatic hydroxyl groups excluding tert-OH is 1. The highest BCUT2D eigenvalue weighted by Crippen LogP contribution is 2.34. The number of ether oxygens (including phenoxy) is 1. The van der Waals surface area contributed by atoms with Crippen LogP contribution in [-0.2, 0) is 6.54 Å². The van der Waals surface area contributed by atoms with Crippen molar-refractivity contribution in [1.29, 1.82) is 0 Å². The molecule has 0 spiro atoms. The lowest BCUT2D eigenvalue weighted by atomic mass is 9.85. The number of aromatic nitrogens is 2. The number of nitrogens with zero attached hydrogens (tertiary/aromatic N) is 2. The molecule has 2 rings (SSSR count). The standard InChI is InChI=1S/C14H24N2O2/c1-3-16-14(13(18-2)10-15-16)12(17)9-11-7-5-4-6-8-11/h10-12,17H,3-9H2,1-2H3. The summed E-state index contributed by atoms with van der Waals surface area (Å²) in [5.74, 6) is 1.36. The first-order chi connectivity index (χ1) is 8.76. The zero-order valence-corrected chi connectivity index (χ0v) is 11.4. The first-order valence-electron chi connectivity index (χ1n) is 7.04. The molecule has 1 aromatic rings. The number of methoxy groups -OCH3 is 1. The van der Waals surface area contributed by atoms with Crippen LogP contribution in [0.25, 0.3) is 0 Å². The molecule has 1 atom stereocenters. The lowest BCUT2D eigenvalue weighted by molar-refractivity contribution is 0.119. The smallest absolute Gasteiger partial charge is 0.162 e. The van der Waals surface area contributed by atoms with Gasteiger partial charge in [0.2, 0.25) is 0 Å². The van der Waals surface area contributed by atoms with Crippen LogP contribution in [0.5, 0.6) is 5.75 Å². The maximum Gasteiger partial charge on any atom is 0.162 e. The molecule has 4 heteroatoms. The van der Waals surface area contributed by atoms with Gasteiger partial charge in [0.05, 0.1) is 19.4 Å². The zero-order chi connectivity index (χ0) is 13.0. The molecule has 102 valence electrons. The molecule has 0 radical (unpaired) electrons. The lowest BCUT2D eigenvalue weighted by Gasteiger charge is -2.24. The molecule has 1 aliphatic carbocycles. The van der Waals surface area contributed by atoms with Crippen molar-refractivity contribution in [2.45, 2.75) is 58.1 Å². The lowest BCUT2D eigenvalue weighted by Crippen LogP contribution is -2.15. The van der Waals surface area contributed by atoms with Crippen LogP contribution < -0.4 is 4.74 Å². The van der Waals surface area contributed by atoms with Crippen LogP contribution in [0.15, 0.2) is 6.20 Å². The van der Waals surface area contributed by atoms with E-state index in [0.29, 0.717) is 11.7 Å². The van der Waals surface area contributed by atoms with Crippen LogP contribution in [0, 0.1) is 5.92 Å². The van der Waals surface area contributed by atoms with Crippen molar-refractivity contribution in [3.63, 3.8) is 0 Å². The number of hydrogen-bond acceptors (Lipinski definition) is 3. The third-order valence-corrected chi connectivity index (χ3v) is 3.96. The fourth-order valence-corrected chi connectivity index (χ4v) is 2.97. The molecule has 0 aromatic carbocycles. The highest BCUT2D eigenvalue weighted by atomic mass is 16.5. The van der Waals surface area contributed by atoms with Gasteiger partial charge in [0.25, 0.3) is 0 Å². The summed E-state index contributed by atoms with van der Waals surface area (Å²) >= 11 is 0. The summed E-state index contributed by atoms with van der Waals surface area (Å²) in [7, 11) is 1.63. The number of rotatable bonds is 5. The summed E-state index contributed by atoms with van der Waals surface area (Å²) in [6, 6.07) is 0. The molecular weight excluding hydrogens is 228 g/mol. The summed E-state index contributed by atoms with van der Waals surface area (Å²) in [4.78, 5) is 0. The van der Waals surface area contributed by atoms with Gasteiger partial charge in [-0.2, -0.15) is 5.10 Å². The van der Waals surface area contributed by atoms with Crippen LogP contribution in [-0.4, -0.2) is 22.0 Å². The second kappa shape index (κ2) is 6.23. The first kappa shape index (κ1) is 13.4. The summed E-state index contributed by atoms with van der Waals surface area (Å²) in [6.07, 6.45) is 8.54. The Bertz CT molecular complexity index is 348. The van der Waals surface area contributed by atoms with Gasteiger partial charge >= 0.3 is 0 Å². The van der Waals surface area contributed by atoms with Gasteiger partial charge in [0, 0.05) is 6.54 Å². The summed E-state index contributed by atoms with van der Waals surface area (Å²) < 4.78 is 7.13. The number of aryl methyl sites for hydroxylation is 1. The minimum Gasteiger partial charge on any atom is -0.493 e. The Morgan fingerprint density at radius 2 is 2.17 bits per heavy atom. The molecule has 0 amide bonds. The minimum absolute atomic E-state index is 0.453. The van der Waals surface area contributed by atoms with Gasteiger partial charge in [-0.25, -0.2) is 0 Å². The third-order valence-electron chi connectivity index (χ3n) is 3.96. The van der Waals surface area contributed by atoms with Crippen LogP contribution in [0.2, 0.25) is 0 Å². The fourth-order valence-electron chi connectivity index (χ4n) is 2.97. The average molecular weight is 252 g/mol. The zero-order valence-electron chi connectivity index (χ0n) is 11.4. The largest absolute Gasteiger partial charge is 0.493 e. The van der Waals surface area contributed by atoms with Gasteiger partial charge in [-0.3, -0.25) is 4.68 Å². The molecule has 1 heterocycles. The van der Waals surface area contributed by atoms with Crippen molar-refractivity contribution >= 4 is 0 Å². The van der Waals surface area contributed by atoms with Crippen LogP contribution in [0.1, 0.15) is 57.2 Å². The van der Waals surface area contributed by atoms with E-state index in [-0.39, 0.29) is 0 Å². The van der Waals surface area contributed by atoms with Gasteiger partial charge in [-0.1, -0.05) is 32.1 Å². The third kappa shape index (κ3) is 2.86. The van der Waals surface area contributed by atoms with Crippen LogP contribution >= 0.6 is 0 Å². The van der Waals surface area contributed by atoms with E-state index in [1.807, 2.05) is 11.6 Å². The van der Waals surface area contributed by atoms with Gasteiger partial charge in [0.15, 0.2) is 5.75 Å². The summed E-state index contributed by atoms with van der Waals surface area (Å²) in [5, 5.41) is 14.7. The van der Waals surface area contributed by atoms with E-state index in [2.05, 4.69) is 5.10 Å². The molecule has 0 aliphatic heterocycles. The topological polar surface area (TPSA) is 47.3 Å². The van der Waals surface area contributed by atoms with Crippen molar-refractivity contribution in [3.05, 3.63) is 11.9 Å². The SMILES string of the molecule is CCn1ncc(OC)c1C(O)CC1CCCCC1. The maximum atomic E-state index is 10.4. The quantitative estimate of drug-likeness (QED) is 0.876. The summed E-state index contributed by atoms with van der Waals surface area (Å²) in [5.41, 5.74) is 0.838. The number of aliphatic hydroxyl groups is 1. The average Bonchev–Trinajstić information content (AvgIpc) is 2.82. The second-order valence-corrected chi connectivity index (χ2v) is 5.17. The normalized spacial score (nSPS) is 18.8. The Morgan fingerprint density at radius 1 is 1.44 bits per heavy atom. The molecule has 1 N–H and O–H groups in total. The van der Waals surface area contributed by atoms with Crippen molar-refractivity contribution in [2.75, 3.05) is 7.11 Å². The Kier molecular flexibility index (Phi) is 4.64. The minimum atomic E-state index is -0.453. The van der Waals surface area contributed by atoms with E-state index in [9.17, 15) is 5.11 Å². The molecule has 0 saturated heterocycles. The molecule has 0 bridgehead atoms. The maximum absolute atomic E-state index is 10.4. The second-order valence-electron chi connectivity index (χ2n) is 5.17. The van der Waals surface area contributed by atoms with E-state index < -0.39 is 6.10 Å². The summed E-state index contributed by atoms with van der Waals surface area (Å²) in [6.45, 7) is 2.80. The monoisotopic (exact) mass is 252 g/mol. The van der Waals surface area contributed by atoms with E-state index in [4.69, 9.17) is 4.74 Å². The van der Waals surface area contributed by atoms with Gasteiger partial charge < -0.3 is 9.84 Å². The molecule has 1 saturated carbocycles. The molecule has 1 unspecified atom stereocenters. The van der Waals surface area contributed by atoms with E-state index in [1.54, 1.807) is 13.3 Å². The Morgan fingerprint density at radius 3 is 2.78 bits per heavy atom. The Balaban J connectivity index is 2.06. The van der Waals surface area contributed by atoms with Gasteiger partial charge in [-0.15, -0.1) is 0 Å².